The van der Waals surface area contributed by atoms with E-state index in [1.54, 1.807) is 12.1 Å². The summed E-state index contributed by atoms with van der Waals surface area (Å²) in [7, 11) is 0. The minimum absolute atomic E-state index is 0. The Hall–Kier alpha value is -0.660. The highest BCUT2D eigenvalue weighted by Gasteiger charge is 2.15. The predicted molar refractivity (Wildman–Crippen MR) is 84.3 cm³/mol. The lowest BCUT2D eigenvalue weighted by atomic mass is 10.1. The summed E-state index contributed by atoms with van der Waals surface area (Å²) in [6, 6.07) is 4.63. The fraction of sp³-hybridized carbons (Fsp3) is 0.308. The monoisotopic (exact) mass is 396 g/mol. The number of amides is 1. The fourth-order valence-electron chi connectivity index (χ4n) is 1.83. The zero-order valence-electron chi connectivity index (χ0n) is 10.2. The summed E-state index contributed by atoms with van der Waals surface area (Å²) in [6.45, 7) is 2.26. The Morgan fingerprint density at radius 2 is 2.26 bits per heavy atom. The maximum Gasteiger partial charge on any atom is 0.255 e. The molecule has 0 spiro atoms. The van der Waals surface area contributed by atoms with Crippen LogP contribution in [0, 0.1) is 9.39 Å². The molecule has 1 amide bonds. The minimum atomic E-state index is -0.473. The second kappa shape index (κ2) is 7.81. The molecule has 1 heterocycles. The van der Waals surface area contributed by atoms with E-state index in [1.165, 1.54) is 11.6 Å². The Balaban J connectivity index is 0.00000180. The predicted octanol–water partition coefficient (Wildman–Crippen LogP) is 2.50. The highest BCUT2D eigenvalue weighted by Crippen LogP contribution is 2.15. The van der Waals surface area contributed by atoms with Gasteiger partial charge in [-0.1, -0.05) is 17.7 Å². The maximum absolute atomic E-state index is 13.6. The molecule has 0 saturated heterocycles. The van der Waals surface area contributed by atoms with Crippen molar-refractivity contribution in [2.75, 3.05) is 19.6 Å². The van der Waals surface area contributed by atoms with Crippen molar-refractivity contribution in [1.29, 1.82) is 0 Å². The van der Waals surface area contributed by atoms with E-state index in [4.69, 9.17) is 0 Å². The van der Waals surface area contributed by atoms with E-state index >= 15 is 0 Å². The zero-order chi connectivity index (χ0) is 13.0. The number of benzene rings is 1. The van der Waals surface area contributed by atoms with Crippen molar-refractivity contribution in [2.24, 2.45) is 0 Å². The van der Waals surface area contributed by atoms with Gasteiger partial charge in [0.25, 0.3) is 5.91 Å². The number of halogens is 3. The standard InChI is InChI=1S/C13H14FIN2O.ClH/c14-10-2-1-3-11(15)12(10)13(18)17-8-9-4-6-16-7-5-9;/h1-4,16H,5-8H2,(H,17,18);1H. The summed E-state index contributed by atoms with van der Waals surface area (Å²) in [5.74, 6) is -0.823. The van der Waals surface area contributed by atoms with Crippen molar-refractivity contribution in [3.05, 3.63) is 44.8 Å². The van der Waals surface area contributed by atoms with Gasteiger partial charge in [-0.25, -0.2) is 4.39 Å². The molecular formula is C13H15ClFIN2O. The average molecular weight is 397 g/mol. The van der Waals surface area contributed by atoms with E-state index in [1.807, 2.05) is 22.6 Å². The quantitative estimate of drug-likeness (QED) is 0.609. The molecule has 2 N–H and O–H groups in total. The van der Waals surface area contributed by atoms with Crippen LogP contribution in [0.2, 0.25) is 0 Å². The molecule has 19 heavy (non-hydrogen) atoms. The number of carbonyl (C=O) groups excluding carboxylic acids is 1. The Labute approximate surface area is 131 Å². The molecular weight excluding hydrogens is 382 g/mol. The van der Waals surface area contributed by atoms with Gasteiger partial charge < -0.3 is 10.6 Å². The third kappa shape index (κ3) is 4.43. The van der Waals surface area contributed by atoms with Crippen molar-refractivity contribution >= 4 is 40.9 Å². The van der Waals surface area contributed by atoms with Crippen LogP contribution in [0.5, 0.6) is 0 Å². The number of hydrogen-bond acceptors (Lipinski definition) is 2. The molecule has 1 aromatic carbocycles. The van der Waals surface area contributed by atoms with E-state index < -0.39 is 5.82 Å². The van der Waals surface area contributed by atoms with Crippen molar-refractivity contribution < 1.29 is 9.18 Å². The molecule has 0 unspecified atom stereocenters. The first-order chi connectivity index (χ1) is 8.68. The molecule has 1 aliphatic heterocycles. The van der Waals surface area contributed by atoms with E-state index in [0.717, 1.165) is 19.5 Å². The lowest BCUT2D eigenvalue weighted by molar-refractivity contribution is 0.0951. The van der Waals surface area contributed by atoms with Crippen LogP contribution in [0.15, 0.2) is 29.8 Å². The van der Waals surface area contributed by atoms with E-state index in [2.05, 4.69) is 16.7 Å². The first-order valence-electron chi connectivity index (χ1n) is 5.79. The summed E-state index contributed by atoms with van der Waals surface area (Å²) < 4.78 is 14.2. The highest BCUT2D eigenvalue weighted by molar-refractivity contribution is 14.1. The van der Waals surface area contributed by atoms with Gasteiger partial charge in [0.1, 0.15) is 5.82 Å². The van der Waals surface area contributed by atoms with Crippen molar-refractivity contribution in [3.8, 4) is 0 Å². The molecule has 0 radical (unpaired) electrons. The Bertz CT molecular complexity index is 473. The minimum Gasteiger partial charge on any atom is -0.348 e. The molecule has 0 aromatic heterocycles. The van der Waals surface area contributed by atoms with Crippen LogP contribution in [0.1, 0.15) is 16.8 Å². The van der Waals surface area contributed by atoms with Crippen LogP contribution in [-0.4, -0.2) is 25.5 Å². The highest BCUT2D eigenvalue weighted by atomic mass is 127. The van der Waals surface area contributed by atoms with E-state index in [9.17, 15) is 9.18 Å². The first kappa shape index (κ1) is 16.4. The summed E-state index contributed by atoms with van der Waals surface area (Å²) in [4.78, 5) is 11.9. The number of hydrogen-bond donors (Lipinski definition) is 2. The van der Waals surface area contributed by atoms with Crippen molar-refractivity contribution in [2.45, 2.75) is 6.42 Å². The van der Waals surface area contributed by atoms with Crippen molar-refractivity contribution in [1.82, 2.24) is 10.6 Å². The zero-order valence-corrected chi connectivity index (χ0v) is 13.2. The first-order valence-corrected chi connectivity index (χ1v) is 6.87. The van der Waals surface area contributed by atoms with Gasteiger partial charge in [0.05, 0.1) is 5.56 Å². The Kier molecular flexibility index (Phi) is 6.74. The molecule has 104 valence electrons. The molecule has 1 aliphatic rings. The lowest BCUT2D eigenvalue weighted by Gasteiger charge is -2.15. The smallest absolute Gasteiger partial charge is 0.255 e. The van der Waals surface area contributed by atoms with Crippen LogP contribution in [0.3, 0.4) is 0 Å². The molecule has 0 fully saturated rings. The largest absolute Gasteiger partial charge is 0.348 e. The van der Waals surface area contributed by atoms with Crippen LogP contribution < -0.4 is 10.6 Å². The normalized spacial score (nSPS) is 14.3. The van der Waals surface area contributed by atoms with Crippen LogP contribution in [0.4, 0.5) is 4.39 Å². The van der Waals surface area contributed by atoms with Gasteiger partial charge in [0, 0.05) is 16.7 Å². The summed E-state index contributed by atoms with van der Waals surface area (Å²) in [5.41, 5.74) is 1.32. The van der Waals surface area contributed by atoms with Crippen LogP contribution in [0.25, 0.3) is 0 Å². The van der Waals surface area contributed by atoms with Gasteiger partial charge in [-0.05, 0) is 47.7 Å². The topological polar surface area (TPSA) is 41.1 Å². The second-order valence-corrected chi connectivity index (χ2v) is 5.26. The van der Waals surface area contributed by atoms with Crippen LogP contribution in [-0.2, 0) is 0 Å². The Morgan fingerprint density at radius 1 is 1.47 bits per heavy atom. The molecule has 0 aliphatic carbocycles. The van der Waals surface area contributed by atoms with E-state index in [0.29, 0.717) is 10.1 Å². The fourth-order valence-corrected chi connectivity index (χ4v) is 2.54. The number of nitrogens with one attached hydrogen (secondary N) is 2. The van der Waals surface area contributed by atoms with Gasteiger partial charge in [-0.15, -0.1) is 12.4 Å². The van der Waals surface area contributed by atoms with Crippen molar-refractivity contribution in [3.63, 3.8) is 0 Å². The third-order valence-electron chi connectivity index (χ3n) is 2.82. The average Bonchev–Trinajstić information content (AvgIpc) is 2.37. The van der Waals surface area contributed by atoms with Gasteiger partial charge >= 0.3 is 0 Å². The molecule has 2 rings (SSSR count). The van der Waals surface area contributed by atoms with Gasteiger partial charge in [-0.2, -0.15) is 0 Å². The molecule has 6 heteroatoms. The molecule has 0 bridgehead atoms. The SMILES string of the molecule is Cl.O=C(NCC1=CCNCC1)c1c(F)cccc1I. The number of rotatable bonds is 3. The Morgan fingerprint density at radius 3 is 2.89 bits per heavy atom. The molecule has 0 atom stereocenters. The third-order valence-corrected chi connectivity index (χ3v) is 3.72. The molecule has 1 aromatic rings. The van der Waals surface area contributed by atoms with Gasteiger partial charge in [-0.3, -0.25) is 4.79 Å². The van der Waals surface area contributed by atoms with E-state index in [-0.39, 0.29) is 23.9 Å². The summed E-state index contributed by atoms with van der Waals surface area (Å²) in [6.07, 6.45) is 2.99. The van der Waals surface area contributed by atoms with Crippen LogP contribution >= 0.6 is 35.0 Å². The summed E-state index contributed by atoms with van der Waals surface area (Å²) in [5, 5.41) is 5.97. The number of carbonyl (C=O) groups is 1. The molecule has 0 saturated carbocycles. The lowest BCUT2D eigenvalue weighted by Crippen LogP contribution is -2.30. The van der Waals surface area contributed by atoms with Gasteiger partial charge in [0.2, 0.25) is 0 Å². The summed E-state index contributed by atoms with van der Waals surface area (Å²) >= 11 is 1.97. The second-order valence-electron chi connectivity index (χ2n) is 4.10. The molecule has 3 nitrogen and oxygen atoms in total. The maximum atomic E-state index is 13.6. The van der Waals surface area contributed by atoms with Gasteiger partial charge in [0.15, 0.2) is 0 Å².